The summed E-state index contributed by atoms with van der Waals surface area (Å²) in [6.07, 6.45) is -1.25. The van der Waals surface area contributed by atoms with Crippen molar-refractivity contribution in [2.75, 3.05) is 0 Å². The van der Waals surface area contributed by atoms with Gasteiger partial charge >= 0.3 is 0 Å². The zero-order valence-electron chi connectivity index (χ0n) is 9.00. The predicted octanol–water partition coefficient (Wildman–Crippen LogP) is 2.55. The minimum absolute atomic E-state index is 0.0307. The van der Waals surface area contributed by atoms with Crippen LogP contribution in [0.2, 0.25) is 10.0 Å². The van der Waals surface area contributed by atoms with Crippen LogP contribution in [-0.2, 0) is 4.79 Å². The second-order valence-electron chi connectivity index (χ2n) is 3.77. The lowest BCUT2D eigenvalue weighted by atomic mass is 10.1. The smallest absolute Gasteiger partial charge is 0.253 e. The molecule has 0 bridgehead atoms. The lowest BCUT2D eigenvalue weighted by Gasteiger charge is -2.14. The van der Waals surface area contributed by atoms with Gasteiger partial charge in [0.1, 0.15) is 0 Å². The Morgan fingerprint density at radius 1 is 1.25 bits per heavy atom. The van der Waals surface area contributed by atoms with Gasteiger partial charge < -0.3 is 10.4 Å². The molecule has 1 atom stereocenters. The number of aliphatic hydroxyl groups is 1. The number of amides is 1. The molecule has 5 heteroatoms. The summed E-state index contributed by atoms with van der Waals surface area (Å²) in [5.74, 6) is -0.465. The third-order valence-electron chi connectivity index (χ3n) is 1.88. The van der Waals surface area contributed by atoms with Crippen LogP contribution in [0.5, 0.6) is 0 Å². The first kappa shape index (κ1) is 13.3. The van der Waals surface area contributed by atoms with E-state index in [9.17, 15) is 9.90 Å². The molecule has 0 spiro atoms. The molecule has 1 aromatic carbocycles. The van der Waals surface area contributed by atoms with E-state index in [0.29, 0.717) is 15.6 Å². The highest BCUT2D eigenvalue weighted by Crippen LogP contribution is 2.23. The highest BCUT2D eigenvalue weighted by atomic mass is 35.5. The molecule has 0 aliphatic heterocycles. The van der Waals surface area contributed by atoms with E-state index in [1.807, 2.05) is 13.8 Å². The molecule has 0 fully saturated rings. The zero-order valence-corrected chi connectivity index (χ0v) is 10.5. The molecule has 88 valence electrons. The van der Waals surface area contributed by atoms with Gasteiger partial charge in [0.15, 0.2) is 6.10 Å². The summed E-state index contributed by atoms with van der Waals surface area (Å²) < 4.78 is 0. The number of carbonyl (C=O) groups excluding carboxylic acids is 1. The van der Waals surface area contributed by atoms with Crippen LogP contribution in [0.15, 0.2) is 18.2 Å². The van der Waals surface area contributed by atoms with Gasteiger partial charge in [-0.1, -0.05) is 23.2 Å². The van der Waals surface area contributed by atoms with Gasteiger partial charge in [0, 0.05) is 16.1 Å². The molecule has 3 nitrogen and oxygen atoms in total. The maximum absolute atomic E-state index is 11.5. The molecule has 0 aliphatic carbocycles. The van der Waals surface area contributed by atoms with Crippen molar-refractivity contribution in [3.05, 3.63) is 33.8 Å². The molecule has 0 heterocycles. The van der Waals surface area contributed by atoms with Gasteiger partial charge in [-0.25, -0.2) is 0 Å². The third kappa shape index (κ3) is 3.67. The van der Waals surface area contributed by atoms with E-state index in [0.717, 1.165) is 0 Å². The van der Waals surface area contributed by atoms with Crippen molar-refractivity contribution in [3.8, 4) is 0 Å². The third-order valence-corrected chi connectivity index (χ3v) is 2.32. The van der Waals surface area contributed by atoms with E-state index in [-0.39, 0.29) is 6.04 Å². The van der Waals surface area contributed by atoms with E-state index in [4.69, 9.17) is 23.2 Å². The topological polar surface area (TPSA) is 49.3 Å². The lowest BCUT2D eigenvalue weighted by molar-refractivity contribution is -0.130. The molecule has 0 saturated heterocycles. The summed E-state index contributed by atoms with van der Waals surface area (Å²) >= 11 is 11.6. The molecular formula is C11H13Cl2NO2. The summed E-state index contributed by atoms with van der Waals surface area (Å²) in [5.41, 5.74) is 0.385. The van der Waals surface area contributed by atoms with Gasteiger partial charge in [-0.2, -0.15) is 0 Å². The Morgan fingerprint density at radius 3 is 2.19 bits per heavy atom. The fourth-order valence-corrected chi connectivity index (χ4v) is 1.79. The standard InChI is InChI=1S/C11H13Cl2NO2/c1-6(2)14-11(16)10(15)7-3-8(12)5-9(13)4-7/h3-6,10,15H,1-2H3,(H,14,16). The average Bonchev–Trinajstić information content (AvgIpc) is 2.13. The number of rotatable bonds is 3. The highest BCUT2D eigenvalue weighted by molar-refractivity contribution is 6.34. The fourth-order valence-electron chi connectivity index (χ4n) is 1.25. The van der Waals surface area contributed by atoms with Gasteiger partial charge in [0.05, 0.1) is 0 Å². The Morgan fingerprint density at radius 2 is 1.75 bits per heavy atom. The van der Waals surface area contributed by atoms with Crippen molar-refractivity contribution < 1.29 is 9.90 Å². The average molecular weight is 262 g/mol. The summed E-state index contributed by atoms with van der Waals surface area (Å²) in [6.45, 7) is 3.63. The van der Waals surface area contributed by atoms with E-state index < -0.39 is 12.0 Å². The molecule has 16 heavy (non-hydrogen) atoms. The van der Waals surface area contributed by atoms with Gasteiger partial charge in [-0.3, -0.25) is 4.79 Å². The Balaban J connectivity index is 2.87. The minimum Gasteiger partial charge on any atom is -0.378 e. The molecule has 1 amide bonds. The fraction of sp³-hybridized carbons (Fsp3) is 0.364. The van der Waals surface area contributed by atoms with E-state index >= 15 is 0 Å². The second-order valence-corrected chi connectivity index (χ2v) is 4.64. The first-order valence-electron chi connectivity index (χ1n) is 4.84. The highest BCUT2D eigenvalue weighted by Gasteiger charge is 2.18. The van der Waals surface area contributed by atoms with Crippen LogP contribution in [-0.4, -0.2) is 17.1 Å². The van der Waals surface area contributed by atoms with Crippen molar-refractivity contribution in [2.45, 2.75) is 26.0 Å². The summed E-state index contributed by atoms with van der Waals surface area (Å²) in [5, 5.41) is 13.1. The minimum atomic E-state index is -1.25. The number of halogens is 2. The molecule has 0 saturated carbocycles. The van der Waals surface area contributed by atoms with Crippen LogP contribution in [0, 0.1) is 0 Å². The molecule has 1 unspecified atom stereocenters. The number of aliphatic hydroxyl groups excluding tert-OH is 1. The number of nitrogens with one attached hydrogen (secondary N) is 1. The number of hydrogen-bond donors (Lipinski definition) is 2. The van der Waals surface area contributed by atoms with Crippen LogP contribution >= 0.6 is 23.2 Å². The van der Waals surface area contributed by atoms with Crippen molar-refractivity contribution in [1.82, 2.24) is 5.32 Å². The summed E-state index contributed by atoms with van der Waals surface area (Å²) in [6, 6.07) is 4.53. The summed E-state index contributed by atoms with van der Waals surface area (Å²) in [7, 11) is 0. The first-order chi connectivity index (χ1) is 7.40. The monoisotopic (exact) mass is 261 g/mol. The zero-order chi connectivity index (χ0) is 12.3. The van der Waals surface area contributed by atoms with Crippen LogP contribution in [0.3, 0.4) is 0 Å². The SMILES string of the molecule is CC(C)NC(=O)C(O)c1cc(Cl)cc(Cl)c1. The van der Waals surface area contributed by atoms with Gasteiger partial charge in [0.2, 0.25) is 0 Å². The Hall–Kier alpha value is -0.770. The quantitative estimate of drug-likeness (QED) is 0.879. The van der Waals surface area contributed by atoms with E-state index in [1.165, 1.54) is 12.1 Å². The molecule has 0 aliphatic rings. The normalized spacial score (nSPS) is 12.6. The van der Waals surface area contributed by atoms with Crippen molar-refractivity contribution >= 4 is 29.1 Å². The van der Waals surface area contributed by atoms with Crippen molar-refractivity contribution in [1.29, 1.82) is 0 Å². The van der Waals surface area contributed by atoms with Crippen molar-refractivity contribution in [3.63, 3.8) is 0 Å². The summed E-state index contributed by atoms with van der Waals surface area (Å²) in [4.78, 5) is 11.5. The van der Waals surface area contributed by atoms with Crippen LogP contribution in [0.25, 0.3) is 0 Å². The van der Waals surface area contributed by atoms with E-state index in [2.05, 4.69) is 5.32 Å². The largest absolute Gasteiger partial charge is 0.378 e. The molecule has 1 rings (SSSR count). The second kappa shape index (κ2) is 5.53. The number of benzene rings is 1. The lowest BCUT2D eigenvalue weighted by Crippen LogP contribution is -2.34. The molecule has 2 N–H and O–H groups in total. The van der Waals surface area contributed by atoms with Crippen LogP contribution < -0.4 is 5.32 Å². The van der Waals surface area contributed by atoms with Gasteiger partial charge in [-0.15, -0.1) is 0 Å². The molecule has 0 aromatic heterocycles. The molecule has 1 aromatic rings. The maximum Gasteiger partial charge on any atom is 0.253 e. The maximum atomic E-state index is 11.5. The van der Waals surface area contributed by atoms with Crippen molar-refractivity contribution in [2.24, 2.45) is 0 Å². The Kier molecular flexibility index (Phi) is 4.59. The predicted molar refractivity (Wildman–Crippen MR) is 64.7 cm³/mol. The molecule has 0 radical (unpaired) electrons. The van der Waals surface area contributed by atoms with Gasteiger partial charge in [-0.05, 0) is 37.6 Å². The Bertz CT molecular complexity index is 373. The Labute approximate surface area is 104 Å². The van der Waals surface area contributed by atoms with Crippen LogP contribution in [0.4, 0.5) is 0 Å². The van der Waals surface area contributed by atoms with E-state index in [1.54, 1.807) is 6.07 Å². The molecular weight excluding hydrogens is 249 g/mol. The van der Waals surface area contributed by atoms with Crippen LogP contribution in [0.1, 0.15) is 25.5 Å². The van der Waals surface area contributed by atoms with Gasteiger partial charge in [0.25, 0.3) is 5.91 Å². The number of carbonyl (C=O) groups is 1. The first-order valence-corrected chi connectivity index (χ1v) is 5.60. The number of hydrogen-bond acceptors (Lipinski definition) is 2.